The zero-order chi connectivity index (χ0) is 14.9. The number of hydrogen-bond acceptors (Lipinski definition) is 5. The van der Waals surface area contributed by atoms with Crippen molar-refractivity contribution in [2.45, 2.75) is 11.0 Å². The number of sulfonamides is 1. The molecule has 1 fully saturated rings. The van der Waals surface area contributed by atoms with E-state index in [0.29, 0.717) is 37.3 Å². The van der Waals surface area contributed by atoms with Gasteiger partial charge in [-0.25, -0.2) is 13.4 Å². The maximum absolute atomic E-state index is 12.8. The van der Waals surface area contributed by atoms with E-state index in [1.165, 1.54) is 10.5 Å². The van der Waals surface area contributed by atoms with Crippen molar-refractivity contribution in [1.82, 2.24) is 19.6 Å². The van der Waals surface area contributed by atoms with E-state index in [9.17, 15) is 8.42 Å². The Balaban J connectivity index is 1.93. The third-order valence-electron chi connectivity index (χ3n) is 3.56. The van der Waals surface area contributed by atoms with Crippen molar-refractivity contribution in [2.75, 3.05) is 33.3 Å². The molecule has 1 aliphatic heterocycles. The molecule has 1 saturated heterocycles. The monoisotopic (exact) mass is 310 g/mol. The molecule has 2 N–H and O–H groups in total. The lowest BCUT2D eigenvalue weighted by molar-refractivity contribution is 0.000846. The molecule has 1 atom stereocenters. The summed E-state index contributed by atoms with van der Waals surface area (Å²) in [5, 5.41) is 3.63. The highest BCUT2D eigenvalue weighted by Crippen LogP contribution is 2.25. The molecule has 0 amide bonds. The van der Waals surface area contributed by atoms with Crippen molar-refractivity contribution in [1.29, 1.82) is 0 Å². The number of fused-ring (bicyclic) bond motifs is 1. The summed E-state index contributed by atoms with van der Waals surface area (Å²) in [5.41, 5.74) is 0.580. The molecule has 0 spiro atoms. The first-order chi connectivity index (χ1) is 10.1. The second-order valence-corrected chi connectivity index (χ2v) is 6.87. The number of hydrogen-bond donors (Lipinski definition) is 2. The first-order valence-electron chi connectivity index (χ1n) is 6.81. The number of aromatic amines is 1. The Kier molecular flexibility index (Phi) is 3.94. The molecule has 2 aromatic rings. The zero-order valence-electron chi connectivity index (χ0n) is 11.7. The Morgan fingerprint density at radius 2 is 2.43 bits per heavy atom. The van der Waals surface area contributed by atoms with Crippen LogP contribution in [-0.4, -0.2) is 62.1 Å². The van der Waals surface area contributed by atoms with E-state index < -0.39 is 10.0 Å². The Bertz CT molecular complexity index is 726. The molecule has 0 aromatic carbocycles. The van der Waals surface area contributed by atoms with Gasteiger partial charge in [0.1, 0.15) is 10.5 Å². The minimum Gasteiger partial charge on any atom is -0.374 e. The summed E-state index contributed by atoms with van der Waals surface area (Å²) >= 11 is 0. The minimum absolute atomic E-state index is 0.123. The van der Waals surface area contributed by atoms with Crippen LogP contribution in [0.3, 0.4) is 0 Å². The van der Waals surface area contributed by atoms with E-state index in [1.54, 1.807) is 18.3 Å². The van der Waals surface area contributed by atoms with Crippen LogP contribution >= 0.6 is 0 Å². The highest BCUT2D eigenvalue weighted by Gasteiger charge is 2.32. The van der Waals surface area contributed by atoms with Gasteiger partial charge in [-0.1, -0.05) is 0 Å². The number of aromatic nitrogens is 2. The predicted molar refractivity (Wildman–Crippen MR) is 78.5 cm³/mol. The van der Waals surface area contributed by atoms with Crippen molar-refractivity contribution in [3.05, 3.63) is 24.5 Å². The van der Waals surface area contributed by atoms with Gasteiger partial charge in [0.15, 0.2) is 0 Å². The molecule has 1 aliphatic rings. The van der Waals surface area contributed by atoms with Crippen LogP contribution < -0.4 is 5.32 Å². The van der Waals surface area contributed by atoms with Gasteiger partial charge >= 0.3 is 0 Å². The maximum atomic E-state index is 12.8. The Hall–Kier alpha value is -1.48. The van der Waals surface area contributed by atoms with Gasteiger partial charge < -0.3 is 15.0 Å². The summed E-state index contributed by atoms with van der Waals surface area (Å²) in [6.45, 7) is 1.76. The lowest BCUT2D eigenvalue weighted by Gasteiger charge is -2.31. The van der Waals surface area contributed by atoms with Crippen LogP contribution in [0.1, 0.15) is 0 Å². The van der Waals surface area contributed by atoms with E-state index in [2.05, 4.69) is 15.3 Å². The average Bonchev–Trinajstić information content (AvgIpc) is 2.92. The molecule has 2 aromatic heterocycles. The summed E-state index contributed by atoms with van der Waals surface area (Å²) in [4.78, 5) is 7.31. The van der Waals surface area contributed by atoms with Crippen LogP contribution in [0.5, 0.6) is 0 Å². The van der Waals surface area contributed by atoms with Crippen molar-refractivity contribution in [2.24, 2.45) is 0 Å². The third kappa shape index (κ3) is 2.67. The van der Waals surface area contributed by atoms with Crippen molar-refractivity contribution < 1.29 is 13.2 Å². The highest BCUT2D eigenvalue weighted by molar-refractivity contribution is 7.89. The summed E-state index contributed by atoms with van der Waals surface area (Å²) in [7, 11) is -1.72. The molecule has 21 heavy (non-hydrogen) atoms. The molecule has 1 unspecified atom stereocenters. The molecule has 8 heteroatoms. The molecule has 7 nitrogen and oxygen atoms in total. The predicted octanol–water partition coefficient (Wildman–Crippen LogP) is 0.172. The zero-order valence-corrected chi connectivity index (χ0v) is 12.6. The molecular formula is C13H18N4O3S. The average molecular weight is 310 g/mol. The van der Waals surface area contributed by atoms with Gasteiger partial charge in [0.25, 0.3) is 0 Å². The Morgan fingerprint density at radius 1 is 1.57 bits per heavy atom. The topological polar surface area (TPSA) is 87.3 Å². The normalized spacial score (nSPS) is 20.9. The number of nitrogens with one attached hydrogen (secondary N) is 2. The van der Waals surface area contributed by atoms with Crippen molar-refractivity contribution in [3.8, 4) is 0 Å². The fourth-order valence-corrected chi connectivity index (χ4v) is 4.15. The van der Waals surface area contributed by atoms with E-state index >= 15 is 0 Å². The quantitative estimate of drug-likeness (QED) is 0.841. The molecule has 0 saturated carbocycles. The number of rotatable bonds is 4. The lowest BCUT2D eigenvalue weighted by Crippen LogP contribution is -2.48. The van der Waals surface area contributed by atoms with Gasteiger partial charge in [-0.2, -0.15) is 4.31 Å². The summed E-state index contributed by atoms with van der Waals surface area (Å²) in [6.07, 6.45) is 3.02. The molecule has 3 heterocycles. The van der Waals surface area contributed by atoms with Gasteiger partial charge in [-0.15, -0.1) is 0 Å². The standard InChI is InChI=1S/C13H18N4O3S/c1-14-7-10-9-17(5-6-20-10)21(18,19)12-8-16-13-11(12)3-2-4-15-13/h2-4,8,10,14H,5-7,9H2,1H3,(H,15,16). The Morgan fingerprint density at radius 3 is 3.24 bits per heavy atom. The summed E-state index contributed by atoms with van der Waals surface area (Å²) in [5.74, 6) is 0. The fourth-order valence-electron chi connectivity index (χ4n) is 2.55. The molecule has 3 rings (SSSR count). The second-order valence-electron chi connectivity index (χ2n) is 4.97. The van der Waals surface area contributed by atoms with Gasteiger partial charge in [-0.3, -0.25) is 0 Å². The molecule has 0 bridgehead atoms. The smallest absolute Gasteiger partial charge is 0.245 e. The van der Waals surface area contributed by atoms with Gasteiger partial charge in [0.05, 0.1) is 12.7 Å². The highest BCUT2D eigenvalue weighted by atomic mass is 32.2. The second kappa shape index (κ2) is 5.72. The minimum atomic E-state index is -3.54. The largest absolute Gasteiger partial charge is 0.374 e. The van der Waals surface area contributed by atoms with Crippen LogP contribution in [0.15, 0.2) is 29.4 Å². The molecule has 0 radical (unpaired) electrons. The van der Waals surface area contributed by atoms with Crippen molar-refractivity contribution >= 4 is 21.1 Å². The van der Waals surface area contributed by atoms with Crippen LogP contribution in [0.2, 0.25) is 0 Å². The van der Waals surface area contributed by atoms with Crippen molar-refractivity contribution in [3.63, 3.8) is 0 Å². The number of H-pyrrole nitrogens is 1. The lowest BCUT2D eigenvalue weighted by atomic mass is 10.3. The van der Waals surface area contributed by atoms with Crippen LogP contribution in [0, 0.1) is 0 Å². The number of ether oxygens (including phenoxy) is 1. The third-order valence-corrected chi connectivity index (χ3v) is 5.47. The van der Waals surface area contributed by atoms with E-state index in [4.69, 9.17) is 4.74 Å². The Labute approximate surface area is 123 Å². The van der Waals surface area contributed by atoms with Crippen LogP contribution in [0.4, 0.5) is 0 Å². The van der Waals surface area contributed by atoms with E-state index in [1.807, 2.05) is 7.05 Å². The number of morpholine rings is 1. The van der Waals surface area contributed by atoms with Gasteiger partial charge in [-0.05, 0) is 19.2 Å². The molecule has 0 aliphatic carbocycles. The molecule has 114 valence electrons. The van der Waals surface area contributed by atoms with E-state index in [-0.39, 0.29) is 11.0 Å². The fraction of sp³-hybridized carbons (Fsp3) is 0.462. The number of pyridine rings is 1. The first-order valence-corrected chi connectivity index (χ1v) is 8.25. The number of nitrogens with zero attached hydrogens (tertiary/aromatic N) is 2. The van der Waals surface area contributed by atoms with Gasteiger partial charge in [0, 0.05) is 37.4 Å². The van der Waals surface area contributed by atoms with Gasteiger partial charge in [0.2, 0.25) is 10.0 Å². The number of likely N-dealkylation sites (N-methyl/N-ethyl adjacent to an activating group) is 1. The SMILES string of the molecule is CNCC1CN(S(=O)(=O)c2c[nH]c3ncccc23)CCO1. The van der Waals surface area contributed by atoms with E-state index in [0.717, 1.165) is 0 Å². The summed E-state index contributed by atoms with van der Waals surface area (Å²) < 4.78 is 32.7. The maximum Gasteiger partial charge on any atom is 0.245 e. The summed E-state index contributed by atoms with van der Waals surface area (Å²) in [6, 6.07) is 3.50. The van der Waals surface area contributed by atoms with Crippen LogP contribution in [0.25, 0.3) is 11.0 Å². The molecular weight excluding hydrogens is 292 g/mol. The first kappa shape index (κ1) is 14.5. The van der Waals surface area contributed by atoms with Crippen LogP contribution in [-0.2, 0) is 14.8 Å².